The van der Waals surface area contributed by atoms with Crippen molar-refractivity contribution in [1.29, 1.82) is 0 Å². The van der Waals surface area contributed by atoms with Crippen molar-refractivity contribution in [2.45, 2.75) is 13.3 Å². The molecule has 0 N–H and O–H groups in total. The highest BCUT2D eigenvalue weighted by atomic mass is 79.9. The highest BCUT2D eigenvalue weighted by Gasteiger charge is 2.17. The Morgan fingerprint density at radius 2 is 2.38 bits per heavy atom. The van der Waals surface area contributed by atoms with Crippen LogP contribution in [0.4, 0.5) is 0 Å². The van der Waals surface area contributed by atoms with E-state index in [4.69, 9.17) is 6.42 Å². The Morgan fingerprint density at radius 3 is 2.81 bits per heavy atom. The average Bonchev–Trinajstić information content (AvgIpc) is 2.56. The Hall–Kier alpha value is -1.21. The van der Waals surface area contributed by atoms with E-state index >= 15 is 0 Å². The van der Waals surface area contributed by atoms with Crippen molar-refractivity contribution in [1.82, 2.24) is 9.47 Å². The van der Waals surface area contributed by atoms with Crippen molar-refractivity contribution in [3.05, 3.63) is 22.4 Å². The fourth-order valence-electron chi connectivity index (χ4n) is 1.53. The number of halogens is 1. The number of carbonyl (C=O) groups excluding carboxylic acids is 1. The van der Waals surface area contributed by atoms with Crippen molar-refractivity contribution in [2.24, 2.45) is 7.05 Å². The number of rotatable bonds is 4. The van der Waals surface area contributed by atoms with E-state index in [2.05, 4.69) is 21.9 Å². The van der Waals surface area contributed by atoms with Gasteiger partial charge in [-0.15, -0.1) is 6.42 Å². The molecule has 1 amide bonds. The number of aromatic nitrogens is 1. The van der Waals surface area contributed by atoms with Crippen molar-refractivity contribution in [2.75, 3.05) is 13.1 Å². The van der Waals surface area contributed by atoms with E-state index in [-0.39, 0.29) is 5.91 Å². The summed E-state index contributed by atoms with van der Waals surface area (Å²) >= 11 is 3.35. The van der Waals surface area contributed by atoms with E-state index in [1.165, 1.54) is 0 Å². The molecule has 0 aromatic carbocycles. The molecule has 1 aromatic heterocycles. The van der Waals surface area contributed by atoms with Crippen LogP contribution in [-0.4, -0.2) is 28.5 Å². The predicted molar refractivity (Wildman–Crippen MR) is 68.1 cm³/mol. The predicted octanol–water partition coefficient (Wildman–Crippen LogP) is 2.27. The third kappa shape index (κ3) is 2.89. The van der Waals surface area contributed by atoms with Gasteiger partial charge in [0.25, 0.3) is 5.91 Å². The molecule has 1 aromatic rings. The lowest BCUT2D eigenvalue weighted by atomic mass is 10.3. The summed E-state index contributed by atoms with van der Waals surface area (Å²) in [5.74, 6) is 2.49. The van der Waals surface area contributed by atoms with Crippen molar-refractivity contribution in [3.63, 3.8) is 0 Å². The maximum Gasteiger partial charge on any atom is 0.271 e. The third-order valence-corrected chi connectivity index (χ3v) is 2.69. The Balaban J connectivity index is 2.90. The maximum atomic E-state index is 12.1. The Morgan fingerprint density at radius 1 is 1.69 bits per heavy atom. The minimum absolute atomic E-state index is 0.0204. The molecule has 1 heterocycles. The summed E-state index contributed by atoms with van der Waals surface area (Å²) < 4.78 is 2.70. The average molecular weight is 283 g/mol. The molecule has 0 fully saturated rings. The van der Waals surface area contributed by atoms with Crippen molar-refractivity contribution >= 4 is 21.8 Å². The van der Waals surface area contributed by atoms with E-state index in [0.717, 1.165) is 10.9 Å². The van der Waals surface area contributed by atoms with Gasteiger partial charge in [-0.05, 0) is 28.4 Å². The number of hydrogen-bond donors (Lipinski definition) is 0. The molecule has 0 aliphatic rings. The second-order valence-corrected chi connectivity index (χ2v) is 4.50. The highest BCUT2D eigenvalue weighted by Crippen LogP contribution is 2.15. The van der Waals surface area contributed by atoms with Gasteiger partial charge in [0.2, 0.25) is 0 Å². The van der Waals surface area contributed by atoms with Gasteiger partial charge in [-0.2, -0.15) is 0 Å². The smallest absolute Gasteiger partial charge is 0.271 e. The molecule has 0 spiro atoms. The third-order valence-electron chi connectivity index (χ3n) is 2.25. The minimum Gasteiger partial charge on any atom is -0.345 e. The zero-order valence-corrected chi connectivity index (χ0v) is 11.1. The van der Waals surface area contributed by atoms with Crippen LogP contribution in [0.2, 0.25) is 0 Å². The molecule has 0 radical (unpaired) electrons. The number of carbonyl (C=O) groups is 1. The molecular weight excluding hydrogens is 268 g/mol. The minimum atomic E-state index is -0.0204. The molecule has 86 valence electrons. The lowest BCUT2D eigenvalue weighted by Crippen LogP contribution is -2.33. The molecule has 0 aliphatic heterocycles. The van der Waals surface area contributed by atoms with Crippen LogP contribution in [0.25, 0.3) is 0 Å². The topological polar surface area (TPSA) is 25.2 Å². The summed E-state index contributed by atoms with van der Waals surface area (Å²) in [7, 11) is 1.85. The molecule has 0 aliphatic carbocycles. The number of amides is 1. The van der Waals surface area contributed by atoms with Crippen LogP contribution >= 0.6 is 15.9 Å². The number of nitrogens with zero attached hydrogens (tertiary/aromatic N) is 2. The molecule has 1 rings (SSSR count). The number of aryl methyl sites for hydroxylation is 1. The van der Waals surface area contributed by atoms with E-state index in [0.29, 0.717) is 18.8 Å². The van der Waals surface area contributed by atoms with Crippen LogP contribution in [0.15, 0.2) is 16.7 Å². The molecule has 3 nitrogen and oxygen atoms in total. The first kappa shape index (κ1) is 12.9. The normalized spacial score (nSPS) is 9.88. The van der Waals surface area contributed by atoms with Gasteiger partial charge < -0.3 is 9.47 Å². The second kappa shape index (κ2) is 5.76. The quantitative estimate of drug-likeness (QED) is 0.778. The fraction of sp³-hybridized carbons (Fsp3) is 0.417. The lowest BCUT2D eigenvalue weighted by Gasteiger charge is -2.19. The van der Waals surface area contributed by atoms with Gasteiger partial charge in [0.05, 0.1) is 6.54 Å². The summed E-state index contributed by atoms with van der Waals surface area (Å²) in [6.07, 6.45) is 8.02. The fourth-order valence-corrected chi connectivity index (χ4v) is 2.06. The molecule has 0 saturated heterocycles. The SMILES string of the molecule is C#CCN(CCC)C(=O)c1cc(Br)cn1C. The largest absolute Gasteiger partial charge is 0.345 e. The number of hydrogen-bond acceptors (Lipinski definition) is 1. The summed E-state index contributed by atoms with van der Waals surface area (Å²) in [4.78, 5) is 13.8. The first-order valence-electron chi connectivity index (χ1n) is 5.14. The molecule has 0 atom stereocenters. The van der Waals surface area contributed by atoms with E-state index in [1.54, 1.807) is 9.47 Å². The number of terminal acetylenes is 1. The van der Waals surface area contributed by atoms with Gasteiger partial charge in [-0.1, -0.05) is 12.8 Å². The Labute approximate surface area is 105 Å². The monoisotopic (exact) mass is 282 g/mol. The summed E-state index contributed by atoms with van der Waals surface area (Å²) in [5, 5.41) is 0. The van der Waals surface area contributed by atoms with Crippen LogP contribution in [0.1, 0.15) is 23.8 Å². The van der Waals surface area contributed by atoms with E-state index < -0.39 is 0 Å². The molecule has 0 saturated carbocycles. The molecule has 16 heavy (non-hydrogen) atoms. The second-order valence-electron chi connectivity index (χ2n) is 3.59. The van der Waals surface area contributed by atoms with Gasteiger partial charge in [-0.3, -0.25) is 4.79 Å². The van der Waals surface area contributed by atoms with Gasteiger partial charge in [0.15, 0.2) is 0 Å². The first-order valence-corrected chi connectivity index (χ1v) is 5.94. The standard InChI is InChI=1S/C12H15BrN2O/c1-4-6-15(7-5-2)12(16)11-8-10(13)9-14(11)3/h1,8-9H,5-7H2,2-3H3. The molecular formula is C12H15BrN2O. The van der Waals surface area contributed by atoms with Gasteiger partial charge in [-0.25, -0.2) is 0 Å². The molecule has 4 heteroatoms. The Bertz CT molecular complexity index is 417. The Kier molecular flexibility index (Phi) is 4.63. The van der Waals surface area contributed by atoms with Crippen LogP contribution in [0.3, 0.4) is 0 Å². The van der Waals surface area contributed by atoms with E-state index in [1.807, 2.05) is 26.2 Å². The van der Waals surface area contributed by atoms with Gasteiger partial charge >= 0.3 is 0 Å². The zero-order chi connectivity index (χ0) is 12.1. The van der Waals surface area contributed by atoms with Gasteiger partial charge in [0, 0.05) is 24.3 Å². The van der Waals surface area contributed by atoms with Crippen LogP contribution < -0.4 is 0 Å². The molecule has 0 unspecified atom stereocenters. The van der Waals surface area contributed by atoms with Crippen LogP contribution in [0, 0.1) is 12.3 Å². The lowest BCUT2D eigenvalue weighted by molar-refractivity contribution is 0.0767. The highest BCUT2D eigenvalue weighted by molar-refractivity contribution is 9.10. The maximum absolute atomic E-state index is 12.1. The molecule has 0 bridgehead atoms. The summed E-state index contributed by atoms with van der Waals surface area (Å²) in [6.45, 7) is 3.07. The zero-order valence-electron chi connectivity index (χ0n) is 9.53. The first-order chi connectivity index (χ1) is 7.60. The summed E-state index contributed by atoms with van der Waals surface area (Å²) in [6, 6.07) is 1.81. The summed E-state index contributed by atoms with van der Waals surface area (Å²) in [5.41, 5.74) is 0.649. The van der Waals surface area contributed by atoms with Crippen molar-refractivity contribution < 1.29 is 4.79 Å². The van der Waals surface area contributed by atoms with Crippen molar-refractivity contribution in [3.8, 4) is 12.3 Å². The van der Waals surface area contributed by atoms with Crippen LogP contribution in [0.5, 0.6) is 0 Å². The van der Waals surface area contributed by atoms with Gasteiger partial charge in [0.1, 0.15) is 5.69 Å². The van der Waals surface area contributed by atoms with E-state index in [9.17, 15) is 4.79 Å². The van der Waals surface area contributed by atoms with Crippen LogP contribution in [-0.2, 0) is 7.05 Å².